The molecule has 4 heterocycles. The molecular weight excluding hydrogens is 667 g/mol. The van der Waals surface area contributed by atoms with Crippen LogP contribution in [0.25, 0.3) is 11.0 Å². The van der Waals surface area contributed by atoms with Gasteiger partial charge in [0.2, 0.25) is 6.79 Å². The number of anilines is 1. The van der Waals surface area contributed by atoms with Gasteiger partial charge in [0.15, 0.2) is 11.5 Å². The highest BCUT2D eigenvalue weighted by Crippen LogP contribution is 2.51. The van der Waals surface area contributed by atoms with E-state index in [1.807, 2.05) is 17.0 Å². The Bertz CT molecular complexity index is 1700. The first-order valence-electron chi connectivity index (χ1n) is 12.3. The SMILES string of the molecule is O=C(O)CCN1C(=O)/C(=c2/sc(=CC=C3Sc4cc5c(cc4N3CCCSOOO)OCO5)c(=O)n2CC(=O)O)SC1=S. The molecule has 2 aromatic rings. The van der Waals surface area contributed by atoms with Gasteiger partial charge in [-0.1, -0.05) is 40.8 Å². The van der Waals surface area contributed by atoms with E-state index in [-0.39, 0.29) is 38.2 Å². The van der Waals surface area contributed by atoms with E-state index < -0.39 is 29.9 Å². The van der Waals surface area contributed by atoms with Gasteiger partial charge >= 0.3 is 11.9 Å². The van der Waals surface area contributed by atoms with E-state index in [4.69, 9.17) is 32.1 Å². The minimum Gasteiger partial charge on any atom is -0.481 e. The first-order chi connectivity index (χ1) is 20.7. The fourth-order valence-corrected chi connectivity index (χ4v) is 8.21. The van der Waals surface area contributed by atoms with E-state index in [0.29, 0.717) is 30.2 Å². The zero-order chi connectivity index (χ0) is 30.7. The topological polar surface area (TPSA) is 177 Å². The Balaban J connectivity index is 1.52. The Morgan fingerprint density at radius 2 is 1.84 bits per heavy atom. The smallest absolute Gasteiger partial charge is 0.323 e. The number of nitrogens with zero attached hydrogens (tertiary/aromatic N) is 3. The van der Waals surface area contributed by atoms with Gasteiger partial charge in [-0.15, -0.1) is 15.7 Å². The second-order valence-electron chi connectivity index (χ2n) is 8.77. The van der Waals surface area contributed by atoms with Crippen LogP contribution in [0.5, 0.6) is 11.5 Å². The molecule has 0 bridgehead atoms. The average molecular weight is 688 g/mol. The predicted octanol–water partition coefficient (Wildman–Crippen LogP) is 1.86. The van der Waals surface area contributed by atoms with Gasteiger partial charge in [-0.05, 0) is 18.6 Å². The molecule has 0 atom stereocenters. The van der Waals surface area contributed by atoms with Crippen molar-refractivity contribution in [1.82, 2.24) is 9.47 Å². The molecule has 0 spiro atoms. The van der Waals surface area contributed by atoms with Crippen molar-refractivity contribution >= 4 is 98.0 Å². The summed E-state index contributed by atoms with van der Waals surface area (Å²) in [4.78, 5) is 53.3. The number of aromatic nitrogens is 1. The molecule has 0 radical (unpaired) electrons. The first kappa shape index (κ1) is 31.4. The van der Waals surface area contributed by atoms with Crippen LogP contribution in [0.1, 0.15) is 12.8 Å². The molecule has 0 unspecified atom stereocenters. The van der Waals surface area contributed by atoms with Gasteiger partial charge in [0.25, 0.3) is 11.5 Å². The van der Waals surface area contributed by atoms with Crippen LogP contribution in [0, 0.1) is 0 Å². The summed E-state index contributed by atoms with van der Waals surface area (Å²) < 4.78 is 16.9. The number of thiazole rings is 1. The molecule has 19 heteroatoms. The maximum atomic E-state index is 13.4. The molecule has 3 aliphatic rings. The third-order valence-electron chi connectivity index (χ3n) is 6.08. The van der Waals surface area contributed by atoms with E-state index in [9.17, 15) is 24.3 Å². The van der Waals surface area contributed by atoms with Crippen molar-refractivity contribution in [2.24, 2.45) is 0 Å². The molecule has 43 heavy (non-hydrogen) atoms. The van der Waals surface area contributed by atoms with Gasteiger partial charge in [0.05, 0.1) is 21.7 Å². The normalized spacial score (nSPS) is 18.3. The van der Waals surface area contributed by atoms with Crippen LogP contribution in [-0.4, -0.2) is 72.7 Å². The summed E-state index contributed by atoms with van der Waals surface area (Å²) in [5.74, 6) is -1.23. The van der Waals surface area contributed by atoms with Crippen molar-refractivity contribution < 1.29 is 48.7 Å². The summed E-state index contributed by atoms with van der Waals surface area (Å²) in [5, 5.41) is 31.2. The zero-order valence-corrected chi connectivity index (χ0v) is 25.8. The summed E-state index contributed by atoms with van der Waals surface area (Å²) >= 11 is 9.49. The number of benzene rings is 1. The molecule has 1 saturated heterocycles. The third kappa shape index (κ3) is 6.88. The molecular formula is C24H21N3O11S5. The number of carboxylic acid groups (broad SMARTS) is 2. The molecule has 1 aromatic heterocycles. The number of ether oxygens (including phenoxy) is 2. The average Bonchev–Trinajstić information content (AvgIpc) is 3.70. The van der Waals surface area contributed by atoms with Crippen LogP contribution in [0.2, 0.25) is 0 Å². The summed E-state index contributed by atoms with van der Waals surface area (Å²) in [6.45, 7) is -0.163. The molecule has 1 amide bonds. The lowest BCUT2D eigenvalue weighted by molar-refractivity contribution is -0.432. The Hall–Kier alpha value is -3.04. The molecule has 0 saturated carbocycles. The fourth-order valence-electron chi connectivity index (χ4n) is 4.24. The minimum absolute atomic E-state index is 0.0661. The minimum atomic E-state index is -1.27. The molecule has 1 aromatic carbocycles. The lowest BCUT2D eigenvalue weighted by Crippen LogP contribution is -2.36. The second-order valence-corrected chi connectivity index (χ2v) is 13.3. The number of hydrogen-bond acceptors (Lipinski definition) is 15. The van der Waals surface area contributed by atoms with Crippen molar-refractivity contribution in [2.45, 2.75) is 24.3 Å². The Morgan fingerprint density at radius 3 is 2.56 bits per heavy atom. The molecule has 0 aliphatic carbocycles. The van der Waals surface area contributed by atoms with E-state index in [0.717, 1.165) is 60.2 Å². The number of thioether (sulfide) groups is 2. The van der Waals surface area contributed by atoms with E-state index in [1.165, 1.54) is 11.8 Å². The molecule has 3 aliphatic heterocycles. The van der Waals surface area contributed by atoms with Crippen molar-refractivity contribution in [1.29, 1.82) is 0 Å². The number of rotatable bonds is 12. The number of aliphatic carboxylic acids is 2. The van der Waals surface area contributed by atoms with E-state index >= 15 is 0 Å². The number of carbonyl (C=O) groups is 3. The van der Waals surface area contributed by atoms with Crippen molar-refractivity contribution in [3.8, 4) is 11.5 Å². The maximum Gasteiger partial charge on any atom is 0.323 e. The lowest BCUT2D eigenvalue weighted by Gasteiger charge is -2.20. The number of thiocarbonyl (C=S) groups is 1. The number of carboxylic acids is 2. The fraction of sp³-hybridized carbons (Fsp3) is 0.292. The highest BCUT2D eigenvalue weighted by Gasteiger charge is 2.34. The quantitative estimate of drug-likeness (QED) is 0.0968. The predicted molar refractivity (Wildman–Crippen MR) is 163 cm³/mol. The monoisotopic (exact) mass is 687 g/mol. The van der Waals surface area contributed by atoms with Crippen molar-refractivity contribution in [3.05, 3.63) is 42.8 Å². The maximum absolute atomic E-state index is 13.4. The third-order valence-corrected chi connectivity index (χ3v) is 10.5. The van der Waals surface area contributed by atoms with Crippen LogP contribution in [0.3, 0.4) is 0 Å². The number of fused-ring (bicyclic) bond motifs is 2. The number of allylic oxidation sites excluding steroid dienone is 1. The van der Waals surface area contributed by atoms with Gasteiger partial charge in [-0.3, -0.25) is 28.6 Å². The van der Waals surface area contributed by atoms with Gasteiger partial charge in [0, 0.05) is 47.9 Å². The molecule has 14 nitrogen and oxygen atoms in total. The number of hydrogen-bond donors (Lipinski definition) is 3. The summed E-state index contributed by atoms with van der Waals surface area (Å²) in [6.07, 6.45) is 3.61. The number of amides is 1. The van der Waals surface area contributed by atoms with Crippen LogP contribution < -0.4 is 29.1 Å². The zero-order valence-electron chi connectivity index (χ0n) is 21.7. The van der Waals surface area contributed by atoms with Gasteiger partial charge in [-0.25, -0.2) is 5.26 Å². The van der Waals surface area contributed by atoms with Crippen LogP contribution >= 0.6 is 59.1 Å². The van der Waals surface area contributed by atoms with Gasteiger partial charge < -0.3 is 24.6 Å². The van der Waals surface area contributed by atoms with Crippen molar-refractivity contribution in [2.75, 3.05) is 30.5 Å². The van der Waals surface area contributed by atoms with Gasteiger partial charge in [0.1, 0.15) is 20.4 Å². The molecule has 5 rings (SSSR count). The van der Waals surface area contributed by atoms with Crippen LogP contribution in [0.15, 0.2) is 32.9 Å². The Labute approximate surface area is 264 Å². The Kier molecular flexibility index (Phi) is 10.0. The standard InChI is InChI=1S/C24H21N3O11S5/c28-18(29)4-6-26-22(33)20(43-24(26)39)23-27(10-19(30)31)21(32)15(42-23)2-3-17-25(5-1-7-40-38-37-34)12-8-13-14(36-11-35-13)9-16(12)41-17/h2-3,8-9,34H,1,4-7,10-11H2,(H,28,29)(H,30,31)/b15-2?,17-3?,23-20-. The lowest BCUT2D eigenvalue weighted by atomic mass is 10.2. The van der Waals surface area contributed by atoms with Crippen LogP contribution in [-0.2, 0) is 30.3 Å². The highest BCUT2D eigenvalue weighted by atomic mass is 32.2. The number of carbonyl (C=O) groups excluding carboxylic acids is 1. The largest absolute Gasteiger partial charge is 0.481 e. The molecule has 3 N–H and O–H groups in total. The first-order valence-corrected chi connectivity index (χ1v) is 16.1. The Morgan fingerprint density at radius 1 is 1.07 bits per heavy atom. The summed E-state index contributed by atoms with van der Waals surface area (Å²) in [7, 11) is 0. The second kappa shape index (κ2) is 13.7. The van der Waals surface area contributed by atoms with Gasteiger partial charge in [-0.2, -0.15) is 0 Å². The highest BCUT2D eigenvalue weighted by molar-refractivity contribution is 8.30. The summed E-state index contributed by atoms with van der Waals surface area (Å²) in [6, 6.07) is 3.74. The molecule has 228 valence electrons. The molecule has 1 fully saturated rings. The van der Waals surface area contributed by atoms with Crippen molar-refractivity contribution in [3.63, 3.8) is 0 Å². The summed E-state index contributed by atoms with van der Waals surface area (Å²) in [5.41, 5.74) is 0.271. The van der Waals surface area contributed by atoms with Crippen LogP contribution in [0.4, 0.5) is 5.69 Å². The van der Waals surface area contributed by atoms with E-state index in [1.54, 1.807) is 12.2 Å². The van der Waals surface area contributed by atoms with E-state index in [2.05, 4.69) is 9.37 Å².